The molecule has 0 saturated heterocycles. The summed E-state index contributed by atoms with van der Waals surface area (Å²) in [6, 6.07) is 6.75. The summed E-state index contributed by atoms with van der Waals surface area (Å²) in [5, 5.41) is 23.2. The molecule has 0 radical (unpaired) electrons. The van der Waals surface area contributed by atoms with Gasteiger partial charge in [-0.3, -0.25) is 15.4 Å². The normalized spacial score (nSPS) is 15.0. The van der Waals surface area contributed by atoms with Gasteiger partial charge < -0.3 is 9.47 Å². The van der Waals surface area contributed by atoms with Gasteiger partial charge in [0.05, 0.1) is 36.8 Å². The van der Waals surface area contributed by atoms with Gasteiger partial charge in [0, 0.05) is 12.5 Å². The van der Waals surface area contributed by atoms with Crippen LogP contribution >= 0.6 is 0 Å². The Morgan fingerprint density at radius 3 is 2.90 bits per heavy atom. The summed E-state index contributed by atoms with van der Waals surface area (Å²) in [4.78, 5) is 10.5. The quantitative estimate of drug-likeness (QED) is 0.581. The van der Waals surface area contributed by atoms with Crippen molar-refractivity contribution >= 4 is 5.69 Å². The number of nitro groups is 1. The number of nitro benzene ring substituents is 1. The van der Waals surface area contributed by atoms with Crippen LogP contribution in [-0.2, 0) is 0 Å². The lowest BCUT2D eigenvalue weighted by Gasteiger charge is -2.12. The van der Waals surface area contributed by atoms with Crippen LogP contribution in [0.4, 0.5) is 5.69 Å². The van der Waals surface area contributed by atoms with E-state index in [-0.39, 0.29) is 24.1 Å². The van der Waals surface area contributed by atoms with Crippen LogP contribution < -0.4 is 14.8 Å². The van der Waals surface area contributed by atoms with Crippen molar-refractivity contribution in [3.05, 3.63) is 28.3 Å². The molecule has 7 nitrogen and oxygen atoms in total. The number of hydrogen-bond donors (Lipinski definition) is 1. The van der Waals surface area contributed by atoms with Crippen molar-refractivity contribution < 1.29 is 14.4 Å². The van der Waals surface area contributed by atoms with Crippen LogP contribution in [0.5, 0.6) is 11.5 Å². The van der Waals surface area contributed by atoms with Crippen LogP contribution in [0.15, 0.2) is 18.2 Å². The standard InChI is InChI=1S/C14H17N3O4/c1-20-12-4-5-14(13(8-12)17(18)19)21-7-6-11(9-15)16-10-2-3-10/h4-5,8,10-11,16H,2-3,6-7H2,1H3. The van der Waals surface area contributed by atoms with Crippen molar-refractivity contribution in [3.8, 4) is 17.6 Å². The highest BCUT2D eigenvalue weighted by Gasteiger charge is 2.24. The molecule has 1 unspecified atom stereocenters. The lowest BCUT2D eigenvalue weighted by atomic mass is 10.2. The summed E-state index contributed by atoms with van der Waals surface area (Å²) >= 11 is 0. The molecule has 1 atom stereocenters. The molecule has 1 aromatic rings. The molecule has 0 aliphatic heterocycles. The van der Waals surface area contributed by atoms with Crippen LogP contribution in [-0.4, -0.2) is 30.7 Å². The second-order valence-electron chi connectivity index (χ2n) is 4.85. The summed E-state index contributed by atoms with van der Waals surface area (Å²) in [6.07, 6.45) is 2.68. The van der Waals surface area contributed by atoms with E-state index in [1.807, 2.05) is 0 Å². The van der Waals surface area contributed by atoms with E-state index in [4.69, 9.17) is 14.7 Å². The fourth-order valence-corrected chi connectivity index (χ4v) is 1.90. The molecule has 0 heterocycles. The maximum absolute atomic E-state index is 11.0. The molecule has 0 bridgehead atoms. The Bertz CT molecular complexity index is 552. The summed E-state index contributed by atoms with van der Waals surface area (Å²) in [6.45, 7) is 0.241. The predicted octanol–water partition coefficient (Wildman–Crippen LogP) is 2.02. The minimum Gasteiger partial charge on any atom is -0.496 e. The summed E-state index contributed by atoms with van der Waals surface area (Å²) in [7, 11) is 1.45. The molecule has 2 rings (SSSR count). The van der Waals surface area contributed by atoms with E-state index in [0.717, 1.165) is 12.8 Å². The Hall–Kier alpha value is -2.33. The predicted molar refractivity (Wildman–Crippen MR) is 75.3 cm³/mol. The van der Waals surface area contributed by atoms with Gasteiger partial charge in [0.25, 0.3) is 0 Å². The van der Waals surface area contributed by atoms with Gasteiger partial charge in [0.2, 0.25) is 0 Å². The molecular weight excluding hydrogens is 274 g/mol. The molecule has 112 valence electrons. The molecule has 1 aromatic carbocycles. The minimum atomic E-state index is -0.512. The van der Waals surface area contributed by atoms with Gasteiger partial charge in [-0.05, 0) is 25.0 Å². The smallest absolute Gasteiger partial charge is 0.314 e. The fourth-order valence-electron chi connectivity index (χ4n) is 1.90. The van der Waals surface area contributed by atoms with Crippen LogP contribution in [0.2, 0.25) is 0 Å². The first kappa shape index (κ1) is 15.1. The Morgan fingerprint density at radius 2 is 2.33 bits per heavy atom. The van der Waals surface area contributed by atoms with Gasteiger partial charge >= 0.3 is 5.69 Å². The lowest BCUT2D eigenvalue weighted by Crippen LogP contribution is -2.31. The Kier molecular flexibility index (Phi) is 4.95. The van der Waals surface area contributed by atoms with Crippen LogP contribution in [0.3, 0.4) is 0 Å². The van der Waals surface area contributed by atoms with E-state index >= 15 is 0 Å². The molecule has 1 aliphatic carbocycles. The molecule has 1 saturated carbocycles. The highest BCUT2D eigenvalue weighted by molar-refractivity contribution is 5.50. The number of nitrogens with zero attached hydrogens (tertiary/aromatic N) is 2. The van der Waals surface area contributed by atoms with E-state index < -0.39 is 4.92 Å². The third-order valence-corrected chi connectivity index (χ3v) is 3.20. The molecule has 1 aliphatic rings. The number of nitrogens with one attached hydrogen (secondary N) is 1. The summed E-state index contributed by atoms with van der Waals surface area (Å²) in [5.41, 5.74) is -0.141. The third-order valence-electron chi connectivity index (χ3n) is 3.20. The molecule has 21 heavy (non-hydrogen) atoms. The minimum absolute atomic E-state index is 0.141. The largest absolute Gasteiger partial charge is 0.496 e. The zero-order valence-electron chi connectivity index (χ0n) is 11.7. The SMILES string of the molecule is COc1ccc(OCCC(C#N)NC2CC2)c([N+](=O)[O-])c1. The third kappa shape index (κ3) is 4.33. The Labute approximate surface area is 122 Å². The van der Waals surface area contributed by atoms with E-state index in [2.05, 4.69) is 11.4 Å². The second-order valence-corrected chi connectivity index (χ2v) is 4.85. The Balaban J connectivity index is 1.92. The molecule has 7 heteroatoms. The number of hydrogen-bond acceptors (Lipinski definition) is 6. The van der Waals surface area contributed by atoms with Gasteiger partial charge in [-0.1, -0.05) is 0 Å². The Morgan fingerprint density at radius 1 is 1.57 bits per heavy atom. The first-order valence-corrected chi connectivity index (χ1v) is 6.75. The molecule has 0 amide bonds. The molecule has 1 N–H and O–H groups in total. The van der Waals surface area contributed by atoms with Gasteiger partial charge in [0.1, 0.15) is 5.75 Å². The van der Waals surface area contributed by atoms with Crippen molar-refractivity contribution in [1.29, 1.82) is 5.26 Å². The highest BCUT2D eigenvalue weighted by Crippen LogP contribution is 2.31. The molecule has 0 spiro atoms. The molecule has 0 aromatic heterocycles. The molecular formula is C14H17N3O4. The maximum Gasteiger partial charge on any atom is 0.314 e. The number of rotatable bonds is 8. The van der Waals surface area contributed by atoms with E-state index in [9.17, 15) is 10.1 Å². The van der Waals surface area contributed by atoms with Crippen molar-refractivity contribution in [1.82, 2.24) is 5.32 Å². The average Bonchev–Trinajstić information content (AvgIpc) is 3.30. The number of nitriles is 1. The van der Waals surface area contributed by atoms with E-state index in [0.29, 0.717) is 18.2 Å². The average molecular weight is 291 g/mol. The maximum atomic E-state index is 11.0. The topological polar surface area (TPSA) is 97.4 Å². The molecule has 1 fully saturated rings. The van der Waals surface area contributed by atoms with Crippen molar-refractivity contribution in [2.75, 3.05) is 13.7 Å². The van der Waals surface area contributed by atoms with Gasteiger partial charge in [0.15, 0.2) is 5.75 Å². The summed E-state index contributed by atoms with van der Waals surface area (Å²) in [5.74, 6) is 0.586. The zero-order chi connectivity index (χ0) is 15.2. The van der Waals surface area contributed by atoms with Crippen molar-refractivity contribution in [2.45, 2.75) is 31.3 Å². The first-order valence-electron chi connectivity index (χ1n) is 6.75. The van der Waals surface area contributed by atoms with Crippen molar-refractivity contribution in [2.24, 2.45) is 0 Å². The van der Waals surface area contributed by atoms with Gasteiger partial charge in [-0.15, -0.1) is 0 Å². The summed E-state index contributed by atoms with van der Waals surface area (Å²) < 4.78 is 10.4. The van der Waals surface area contributed by atoms with Gasteiger partial charge in [-0.25, -0.2) is 0 Å². The van der Waals surface area contributed by atoms with Crippen LogP contribution in [0, 0.1) is 21.4 Å². The number of benzene rings is 1. The second kappa shape index (κ2) is 6.90. The zero-order valence-corrected chi connectivity index (χ0v) is 11.7. The number of methoxy groups -OCH3 is 1. The van der Waals surface area contributed by atoms with Crippen molar-refractivity contribution in [3.63, 3.8) is 0 Å². The fraction of sp³-hybridized carbons (Fsp3) is 0.500. The monoisotopic (exact) mass is 291 g/mol. The van der Waals surface area contributed by atoms with E-state index in [1.165, 1.54) is 19.2 Å². The first-order chi connectivity index (χ1) is 10.1. The van der Waals surface area contributed by atoms with Crippen LogP contribution in [0.25, 0.3) is 0 Å². The van der Waals surface area contributed by atoms with Gasteiger partial charge in [-0.2, -0.15) is 5.26 Å². The van der Waals surface area contributed by atoms with E-state index in [1.54, 1.807) is 6.07 Å². The highest BCUT2D eigenvalue weighted by atomic mass is 16.6. The van der Waals surface area contributed by atoms with Crippen LogP contribution in [0.1, 0.15) is 19.3 Å². The number of ether oxygens (including phenoxy) is 2. The lowest BCUT2D eigenvalue weighted by molar-refractivity contribution is -0.385.